The van der Waals surface area contributed by atoms with Gasteiger partial charge >= 0.3 is 6.03 Å². The number of rotatable bonds is 1. The van der Waals surface area contributed by atoms with Crippen molar-refractivity contribution in [3.05, 3.63) is 0 Å². The molecule has 14 heavy (non-hydrogen) atoms. The Balaban J connectivity index is 1.97. The van der Waals surface area contributed by atoms with Crippen molar-refractivity contribution >= 4 is 6.03 Å². The number of urea groups is 1. The molecule has 5 nitrogen and oxygen atoms in total. The van der Waals surface area contributed by atoms with Crippen molar-refractivity contribution in [2.24, 2.45) is 0 Å². The van der Waals surface area contributed by atoms with Crippen molar-refractivity contribution in [1.82, 2.24) is 20.2 Å². The number of nitrogens with one attached hydrogen (secondary N) is 1. The first-order valence-corrected chi connectivity index (χ1v) is 5.27. The summed E-state index contributed by atoms with van der Waals surface area (Å²) in [6, 6.07) is 0.151. The first-order valence-electron chi connectivity index (χ1n) is 5.27. The zero-order valence-corrected chi connectivity index (χ0v) is 8.70. The molecule has 0 bridgehead atoms. The highest BCUT2D eigenvalue weighted by Gasteiger charge is 2.28. The third kappa shape index (κ3) is 1.83. The maximum atomic E-state index is 11.8. The van der Waals surface area contributed by atoms with Gasteiger partial charge in [-0.2, -0.15) is 0 Å². The van der Waals surface area contributed by atoms with E-state index < -0.39 is 0 Å². The standard InChI is InChI=1S/C9H18N4O/c1-11-5-2-6-13(9(11)14)12-7-3-10-4-8-12/h10H,2-8H2,1H3. The number of hydrogen-bond donors (Lipinski definition) is 1. The van der Waals surface area contributed by atoms with Crippen LogP contribution in [0.25, 0.3) is 0 Å². The first-order chi connectivity index (χ1) is 6.79. The van der Waals surface area contributed by atoms with E-state index >= 15 is 0 Å². The van der Waals surface area contributed by atoms with Crippen molar-refractivity contribution in [2.75, 3.05) is 46.3 Å². The van der Waals surface area contributed by atoms with Crippen LogP contribution >= 0.6 is 0 Å². The van der Waals surface area contributed by atoms with E-state index in [1.165, 1.54) is 0 Å². The molecule has 0 aromatic rings. The van der Waals surface area contributed by atoms with Crippen LogP contribution in [0.15, 0.2) is 0 Å². The smallest absolute Gasteiger partial charge is 0.327 e. The van der Waals surface area contributed by atoms with Crippen molar-refractivity contribution in [3.63, 3.8) is 0 Å². The molecule has 0 radical (unpaired) electrons. The van der Waals surface area contributed by atoms with E-state index in [-0.39, 0.29) is 6.03 Å². The average Bonchev–Trinajstić information content (AvgIpc) is 2.23. The minimum absolute atomic E-state index is 0.151. The lowest BCUT2D eigenvalue weighted by Gasteiger charge is -2.42. The zero-order valence-electron chi connectivity index (χ0n) is 8.70. The quantitative estimate of drug-likeness (QED) is 0.621. The van der Waals surface area contributed by atoms with E-state index in [1.807, 2.05) is 12.1 Å². The highest BCUT2D eigenvalue weighted by Crippen LogP contribution is 2.10. The molecule has 0 atom stereocenters. The highest BCUT2D eigenvalue weighted by atomic mass is 16.2. The molecule has 2 aliphatic heterocycles. The Morgan fingerprint density at radius 3 is 2.57 bits per heavy atom. The zero-order chi connectivity index (χ0) is 9.97. The molecular weight excluding hydrogens is 180 g/mol. The topological polar surface area (TPSA) is 38.8 Å². The fraction of sp³-hybridized carbons (Fsp3) is 0.889. The number of amides is 2. The molecule has 2 aliphatic rings. The van der Waals surface area contributed by atoms with Crippen LogP contribution < -0.4 is 5.32 Å². The van der Waals surface area contributed by atoms with Gasteiger partial charge in [0.25, 0.3) is 0 Å². The van der Waals surface area contributed by atoms with Gasteiger partial charge in [-0.15, -0.1) is 0 Å². The monoisotopic (exact) mass is 198 g/mol. The first kappa shape index (κ1) is 9.73. The predicted molar refractivity (Wildman–Crippen MR) is 53.8 cm³/mol. The Bertz CT molecular complexity index is 215. The third-order valence-corrected chi connectivity index (χ3v) is 2.85. The van der Waals surface area contributed by atoms with Crippen LogP contribution in [0.2, 0.25) is 0 Å². The molecule has 2 amide bonds. The number of hydrogen-bond acceptors (Lipinski definition) is 3. The van der Waals surface area contributed by atoms with E-state index in [1.54, 1.807) is 4.90 Å². The molecule has 0 spiro atoms. The molecule has 2 saturated heterocycles. The van der Waals surface area contributed by atoms with Crippen LogP contribution in [0.4, 0.5) is 4.79 Å². The van der Waals surface area contributed by atoms with E-state index in [0.717, 1.165) is 45.7 Å². The second kappa shape index (κ2) is 4.14. The minimum Gasteiger partial charge on any atom is -0.327 e. The number of piperazine rings is 1. The Hall–Kier alpha value is -0.810. The lowest BCUT2D eigenvalue weighted by atomic mass is 10.3. The summed E-state index contributed by atoms with van der Waals surface area (Å²) in [5.41, 5.74) is 0. The van der Waals surface area contributed by atoms with Crippen LogP contribution in [-0.4, -0.2) is 67.3 Å². The van der Waals surface area contributed by atoms with Crippen LogP contribution in [0.1, 0.15) is 6.42 Å². The lowest BCUT2D eigenvalue weighted by molar-refractivity contribution is -0.0223. The summed E-state index contributed by atoms with van der Waals surface area (Å²) in [6.07, 6.45) is 1.08. The molecule has 2 fully saturated rings. The van der Waals surface area contributed by atoms with E-state index in [2.05, 4.69) is 10.3 Å². The van der Waals surface area contributed by atoms with Gasteiger partial charge in [-0.25, -0.2) is 9.80 Å². The third-order valence-electron chi connectivity index (χ3n) is 2.85. The Morgan fingerprint density at radius 1 is 1.14 bits per heavy atom. The van der Waals surface area contributed by atoms with Gasteiger partial charge < -0.3 is 10.2 Å². The van der Waals surface area contributed by atoms with E-state index in [9.17, 15) is 4.79 Å². The molecule has 0 aromatic heterocycles. The van der Waals surface area contributed by atoms with Gasteiger partial charge in [0.1, 0.15) is 0 Å². The van der Waals surface area contributed by atoms with Crippen molar-refractivity contribution < 1.29 is 4.79 Å². The van der Waals surface area contributed by atoms with E-state index in [4.69, 9.17) is 0 Å². The maximum absolute atomic E-state index is 11.8. The second-order valence-electron chi connectivity index (χ2n) is 3.88. The van der Waals surface area contributed by atoms with E-state index in [0.29, 0.717) is 0 Å². The van der Waals surface area contributed by atoms with Crippen molar-refractivity contribution in [1.29, 1.82) is 0 Å². The van der Waals surface area contributed by atoms with Gasteiger partial charge in [0, 0.05) is 46.3 Å². The van der Waals surface area contributed by atoms with Crippen LogP contribution in [0, 0.1) is 0 Å². The van der Waals surface area contributed by atoms with Gasteiger partial charge in [-0.05, 0) is 6.42 Å². The molecule has 5 heteroatoms. The minimum atomic E-state index is 0.151. The van der Waals surface area contributed by atoms with Crippen molar-refractivity contribution in [3.8, 4) is 0 Å². The molecule has 80 valence electrons. The Morgan fingerprint density at radius 2 is 1.86 bits per heavy atom. The molecule has 0 aromatic carbocycles. The van der Waals surface area contributed by atoms with Gasteiger partial charge in [0.2, 0.25) is 0 Å². The summed E-state index contributed by atoms with van der Waals surface area (Å²) < 4.78 is 0. The van der Waals surface area contributed by atoms with Gasteiger partial charge in [0.15, 0.2) is 0 Å². The van der Waals surface area contributed by atoms with Crippen LogP contribution in [-0.2, 0) is 0 Å². The van der Waals surface area contributed by atoms with Crippen molar-refractivity contribution in [2.45, 2.75) is 6.42 Å². The number of nitrogens with zero attached hydrogens (tertiary/aromatic N) is 3. The second-order valence-corrected chi connectivity index (χ2v) is 3.88. The molecule has 0 saturated carbocycles. The SMILES string of the molecule is CN1CCCN(N2CCNCC2)C1=O. The maximum Gasteiger partial charge on any atom is 0.334 e. The largest absolute Gasteiger partial charge is 0.334 e. The van der Waals surface area contributed by atoms with Gasteiger partial charge in [-0.3, -0.25) is 5.01 Å². The average molecular weight is 198 g/mol. The summed E-state index contributed by atoms with van der Waals surface area (Å²) in [6.45, 7) is 5.62. The number of hydrazine groups is 1. The summed E-state index contributed by atoms with van der Waals surface area (Å²) in [7, 11) is 1.87. The van der Waals surface area contributed by atoms with Gasteiger partial charge in [0.05, 0.1) is 0 Å². The summed E-state index contributed by atoms with van der Waals surface area (Å²) in [4.78, 5) is 13.6. The summed E-state index contributed by atoms with van der Waals surface area (Å²) in [5.74, 6) is 0. The highest BCUT2D eigenvalue weighted by molar-refractivity contribution is 5.74. The Kier molecular flexibility index (Phi) is 2.88. The van der Waals surface area contributed by atoms with Crippen LogP contribution in [0.3, 0.4) is 0 Å². The summed E-state index contributed by atoms with van der Waals surface area (Å²) >= 11 is 0. The molecule has 2 heterocycles. The normalized spacial score (nSPS) is 25.6. The lowest BCUT2D eigenvalue weighted by Crippen LogP contribution is -2.59. The van der Waals surface area contributed by atoms with Gasteiger partial charge in [-0.1, -0.05) is 0 Å². The molecule has 1 N–H and O–H groups in total. The number of carbonyl (C=O) groups excluding carboxylic acids is 1. The predicted octanol–water partition coefficient (Wildman–Crippen LogP) is -0.436. The number of carbonyl (C=O) groups is 1. The molecule has 0 aliphatic carbocycles. The molecular formula is C9H18N4O. The fourth-order valence-electron chi connectivity index (χ4n) is 2.00. The van der Waals surface area contributed by atoms with Crippen LogP contribution in [0.5, 0.6) is 0 Å². The Labute approximate surface area is 84.6 Å². The fourth-order valence-corrected chi connectivity index (χ4v) is 2.00. The summed E-state index contributed by atoms with van der Waals surface area (Å²) in [5, 5.41) is 7.34. The molecule has 0 unspecified atom stereocenters. The molecule has 2 rings (SSSR count).